The molecule has 0 fully saturated rings. The van der Waals surface area contributed by atoms with Crippen molar-refractivity contribution in [3.8, 4) is 0 Å². The first-order valence-electron chi connectivity index (χ1n) is 5.99. The van der Waals surface area contributed by atoms with E-state index in [1.165, 1.54) is 10.6 Å². The van der Waals surface area contributed by atoms with Crippen molar-refractivity contribution in [2.45, 2.75) is 6.54 Å². The van der Waals surface area contributed by atoms with Crippen LogP contribution < -0.4 is 11.0 Å². The van der Waals surface area contributed by atoms with E-state index in [1.807, 2.05) is 18.2 Å². The smallest absolute Gasteiger partial charge is 0.324 e. The third-order valence-electron chi connectivity index (χ3n) is 2.71. The van der Waals surface area contributed by atoms with Gasteiger partial charge in [0.25, 0.3) is 5.78 Å². The number of carbonyl (C=O) groups excluding carboxylic acids is 1. The number of carbonyl (C=O) groups is 1. The standard InChI is InChI=1S/C13H11N5O2/c19-11(15-10-5-2-1-3-6-10)9-18-13(20)17-8-4-7-14-12(17)16-18/h1-8H,9H2,(H,15,19). The molecule has 0 radical (unpaired) electrons. The van der Waals surface area contributed by atoms with Crippen molar-refractivity contribution in [1.29, 1.82) is 0 Å². The minimum Gasteiger partial charge on any atom is -0.324 e. The van der Waals surface area contributed by atoms with Gasteiger partial charge in [-0.2, -0.15) is 0 Å². The average Bonchev–Trinajstić information content (AvgIpc) is 2.77. The number of fused-ring (bicyclic) bond motifs is 1. The number of para-hydroxylation sites is 1. The summed E-state index contributed by atoms with van der Waals surface area (Å²) in [6.07, 6.45) is 3.10. The van der Waals surface area contributed by atoms with Crippen LogP contribution in [0.5, 0.6) is 0 Å². The van der Waals surface area contributed by atoms with Crippen molar-refractivity contribution in [2.24, 2.45) is 0 Å². The first-order chi connectivity index (χ1) is 9.74. The zero-order valence-corrected chi connectivity index (χ0v) is 10.4. The van der Waals surface area contributed by atoms with E-state index in [9.17, 15) is 9.59 Å². The van der Waals surface area contributed by atoms with Crippen LogP contribution in [0.1, 0.15) is 0 Å². The van der Waals surface area contributed by atoms with Gasteiger partial charge in [0.2, 0.25) is 5.91 Å². The summed E-state index contributed by atoms with van der Waals surface area (Å²) in [5.41, 5.74) is 0.281. The number of aromatic nitrogens is 4. The molecule has 1 aromatic carbocycles. The Morgan fingerprint density at radius 2 is 2.00 bits per heavy atom. The Morgan fingerprint density at radius 3 is 2.75 bits per heavy atom. The molecule has 2 heterocycles. The third kappa shape index (κ3) is 2.28. The summed E-state index contributed by atoms with van der Waals surface area (Å²) in [6, 6.07) is 10.7. The van der Waals surface area contributed by atoms with Gasteiger partial charge in [-0.25, -0.2) is 18.9 Å². The van der Waals surface area contributed by atoms with E-state index in [2.05, 4.69) is 15.4 Å². The van der Waals surface area contributed by atoms with Crippen LogP contribution in [0, 0.1) is 0 Å². The fourth-order valence-corrected chi connectivity index (χ4v) is 1.82. The molecule has 3 aromatic rings. The van der Waals surface area contributed by atoms with Crippen LogP contribution in [0.15, 0.2) is 53.6 Å². The zero-order chi connectivity index (χ0) is 13.9. The van der Waals surface area contributed by atoms with E-state index in [-0.39, 0.29) is 18.2 Å². The van der Waals surface area contributed by atoms with Crippen LogP contribution >= 0.6 is 0 Å². The second kappa shape index (κ2) is 4.96. The van der Waals surface area contributed by atoms with Crippen LogP contribution in [-0.2, 0) is 11.3 Å². The number of benzene rings is 1. The second-order valence-corrected chi connectivity index (χ2v) is 4.14. The third-order valence-corrected chi connectivity index (χ3v) is 2.71. The predicted molar refractivity (Wildman–Crippen MR) is 72.3 cm³/mol. The predicted octanol–water partition coefficient (Wildman–Crippen LogP) is 0.530. The maximum absolute atomic E-state index is 12.0. The summed E-state index contributed by atoms with van der Waals surface area (Å²) in [5.74, 6) is -0.0493. The highest BCUT2D eigenvalue weighted by Gasteiger charge is 2.10. The van der Waals surface area contributed by atoms with Crippen molar-refractivity contribution in [3.63, 3.8) is 0 Å². The summed E-state index contributed by atoms with van der Waals surface area (Å²) >= 11 is 0. The van der Waals surface area contributed by atoms with Crippen LogP contribution in [-0.4, -0.2) is 25.1 Å². The molecule has 1 N–H and O–H groups in total. The number of nitrogens with zero attached hydrogens (tertiary/aromatic N) is 4. The van der Waals surface area contributed by atoms with E-state index in [0.29, 0.717) is 5.69 Å². The van der Waals surface area contributed by atoms with Gasteiger partial charge in [0, 0.05) is 18.1 Å². The summed E-state index contributed by atoms with van der Waals surface area (Å²) < 4.78 is 2.37. The van der Waals surface area contributed by atoms with Gasteiger partial charge < -0.3 is 5.32 Å². The summed E-state index contributed by atoms with van der Waals surface area (Å²) in [6.45, 7) is -0.156. The first-order valence-corrected chi connectivity index (χ1v) is 5.99. The van der Waals surface area contributed by atoms with Crippen molar-refractivity contribution in [1.82, 2.24) is 19.2 Å². The number of hydrogen-bond donors (Lipinski definition) is 1. The highest BCUT2D eigenvalue weighted by Crippen LogP contribution is 2.04. The molecule has 1 amide bonds. The first kappa shape index (κ1) is 12.1. The van der Waals surface area contributed by atoms with Gasteiger partial charge in [0.1, 0.15) is 6.54 Å². The quantitative estimate of drug-likeness (QED) is 0.752. The normalized spacial score (nSPS) is 10.6. The van der Waals surface area contributed by atoms with Crippen LogP contribution in [0.25, 0.3) is 5.78 Å². The van der Waals surface area contributed by atoms with Gasteiger partial charge >= 0.3 is 5.69 Å². The topological polar surface area (TPSA) is 81.3 Å². The number of anilines is 1. The lowest BCUT2D eigenvalue weighted by molar-refractivity contribution is -0.117. The van der Waals surface area contributed by atoms with E-state index in [4.69, 9.17) is 0 Å². The molecular weight excluding hydrogens is 258 g/mol. The molecule has 0 aliphatic rings. The molecule has 0 aliphatic carbocycles. The van der Waals surface area contributed by atoms with Crippen molar-refractivity contribution >= 4 is 17.4 Å². The Bertz CT molecular complexity index is 806. The average molecular weight is 269 g/mol. The highest BCUT2D eigenvalue weighted by atomic mass is 16.2. The van der Waals surface area contributed by atoms with Gasteiger partial charge in [0.05, 0.1) is 0 Å². The Labute approximate surface area is 113 Å². The van der Waals surface area contributed by atoms with Crippen molar-refractivity contribution < 1.29 is 4.79 Å². The molecule has 2 aromatic heterocycles. The molecule has 0 bridgehead atoms. The molecule has 100 valence electrons. The molecule has 0 spiro atoms. The Balaban J connectivity index is 1.81. The maximum atomic E-state index is 12.0. The molecule has 20 heavy (non-hydrogen) atoms. The molecule has 0 aliphatic heterocycles. The molecule has 7 nitrogen and oxygen atoms in total. The molecule has 7 heteroatoms. The lowest BCUT2D eigenvalue weighted by Gasteiger charge is -2.03. The number of amides is 1. The summed E-state index contributed by atoms with van der Waals surface area (Å²) in [4.78, 5) is 27.8. The number of hydrogen-bond acceptors (Lipinski definition) is 4. The Hall–Kier alpha value is -2.96. The van der Waals surface area contributed by atoms with E-state index in [0.717, 1.165) is 4.68 Å². The largest absolute Gasteiger partial charge is 0.352 e. The zero-order valence-electron chi connectivity index (χ0n) is 10.4. The van der Waals surface area contributed by atoms with Crippen molar-refractivity contribution in [3.05, 3.63) is 59.3 Å². The second-order valence-electron chi connectivity index (χ2n) is 4.14. The minimum absolute atomic E-state index is 0.156. The van der Waals surface area contributed by atoms with Crippen LogP contribution in [0.2, 0.25) is 0 Å². The molecule has 0 saturated carbocycles. The molecular formula is C13H11N5O2. The van der Waals surface area contributed by atoms with E-state index in [1.54, 1.807) is 24.4 Å². The Kier molecular flexibility index (Phi) is 3.00. The highest BCUT2D eigenvalue weighted by molar-refractivity contribution is 5.90. The Morgan fingerprint density at radius 1 is 1.20 bits per heavy atom. The summed E-state index contributed by atoms with van der Waals surface area (Å²) in [5, 5.41) is 6.68. The van der Waals surface area contributed by atoms with Gasteiger partial charge in [-0.1, -0.05) is 18.2 Å². The van der Waals surface area contributed by atoms with Gasteiger partial charge in [-0.15, -0.1) is 5.10 Å². The summed E-state index contributed by atoms with van der Waals surface area (Å²) in [7, 11) is 0. The van der Waals surface area contributed by atoms with Crippen LogP contribution in [0.3, 0.4) is 0 Å². The SMILES string of the molecule is O=C(Cn1nc2ncccn2c1=O)Nc1ccccc1. The number of rotatable bonds is 3. The van der Waals surface area contributed by atoms with Gasteiger partial charge in [0.15, 0.2) is 0 Å². The lowest BCUT2D eigenvalue weighted by atomic mass is 10.3. The fraction of sp³-hybridized carbons (Fsp3) is 0.0769. The van der Waals surface area contributed by atoms with Crippen molar-refractivity contribution in [2.75, 3.05) is 5.32 Å². The molecule has 0 unspecified atom stereocenters. The van der Waals surface area contributed by atoms with Gasteiger partial charge in [-0.3, -0.25) is 4.79 Å². The van der Waals surface area contributed by atoms with Crippen LogP contribution in [0.4, 0.5) is 5.69 Å². The fourth-order valence-electron chi connectivity index (χ4n) is 1.82. The molecule has 0 saturated heterocycles. The monoisotopic (exact) mass is 269 g/mol. The lowest BCUT2D eigenvalue weighted by Crippen LogP contribution is -2.28. The number of nitrogens with one attached hydrogen (secondary N) is 1. The minimum atomic E-state index is -0.392. The molecule has 0 atom stereocenters. The van der Waals surface area contributed by atoms with E-state index < -0.39 is 5.69 Å². The van der Waals surface area contributed by atoms with Gasteiger partial charge in [-0.05, 0) is 18.2 Å². The molecule has 3 rings (SSSR count). The van der Waals surface area contributed by atoms with E-state index >= 15 is 0 Å². The maximum Gasteiger partial charge on any atom is 0.352 e.